The summed E-state index contributed by atoms with van der Waals surface area (Å²) in [6, 6.07) is 22.5. The zero-order valence-corrected chi connectivity index (χ0v) is 20.5. The number of benzene rings is 3. The molecular weight excluding hydrogens is 440 g/mol. The largest absolute Gasteiger partial charge is 0.496 e. The molecule has 1 aliphatic rings. The summed E-state index contributed by atoms with van der Waals surface area (Å²) >= 11 is 0. The fourth-order valence-corrected chi connectivity index (χ4v) is 4.65. The highest BCUT2D eigenvalue weighted by Crippen LogP contribution is 2.40. The third-order valence-electron chi connectivity index (χ3n) is 6.78. The molecule has 1 aliphatic heterocycles. The first-order valence-corrected chi connectivity index (χ1v) is 11.9. The van der Waals surface area contributed by atoms with E-state index in [-0.39, 0.29) is 17.2 Å². The van der Waals surface area contributed by atoms with Crippen LogP contribution < -0.4 is 15.0 Å². The minimum Gasteiger partial charge on any atom is -0.496 e. The molecule has 35 heavy (non-hydrogen) atoms. The molecule has 1 saturated heterocycles. The molecule has 6 nitrogen and oxygen atoms in total. The van der Waals surface area contributed by atoms with Gasteiger partial charge in [-0.1, -0.05) is 42.0 Å². The van der Waals surface area contributed by atoms with Crippen molar-refractivity contribution in [2.24, 2.45) is 0 Å². The zero-order valence-electron chi connectivity index (χ0n) is 20.5. The van der Waals surface area contributed by atoms with E-state index in [4.69, 9.17) is 9.47 Å². The molecule has 6 heteroatoms. The van der Waals surface area contributed by atoms with Crippen molar-refractivity contribution in [2.45, 2.75) is 25.2 Å². The predicted molar refractivity (Wildman–Crippen MR) is 137 cm³/mol. The summed E-state index contributed by atoms with van der Waals surface area (Å²) in [4.78, 5) is 27.8. The van der Waals surface area contributed by atoms with Gasteiger partial charge in [0, 0.05) is 54.6 Å². The van der Waals surface area contributed by atoms with Gasteiger partial charge in [-0.05, 0) is 56.2 Å². The minimum absolute atomic E-state index is 0.170. The number of nitrogens with one attached hydrogen (secondary N) is 1. The molecule has 0 atom stereocenters. The Hall–Kier alpha value is -3.64. The number of anilines is 1. The number of carbonyl (C=O) groups excluding carboxylic acids is 2. The summed E-state index contributed by atoms with van der Waals surface area (Å²) in [7, 11) is 3.41. The maximum absolute atomic E-state index is 13.2. The standard InChI is InChI=1S/C29H32N2O4/c1-21-12-13-26(34-3)25(18-21)29(14-16-35-17-15-29)20-30-27(32)22-8-7-9-23(19-22)28(33)31(2)24-10-5-4-6-11-24/h4-13,18-19H,14-17,20H2,1-3H3,(H,30,32). The summed E-state index contributed by atoms with van der Waals surface area (Å²) in [6.45, 7) is 3.77. The Morgan fingerprint density at radius 1 is 0.971 bits per heavy atom. The van der Waals surface area contributed by atoms with Crippen molar-refractivity contribution < 1.29 is 19.1 Å². The number of hydrogen-bond acceptors (Lipinski definition) is 4. The lowest BCUT2D eigenvalue weighted by atomic mass is 9.73. The second-order valence-corrected chi connectivity index (χ2v) is 9.06. The van der Waals surface area contributed by atoms with Gasteiger partial charge in [0.05, 0.1) is 7.11 Å². The molecule has 1 N–H and O–H groups in total. The monoisotopic (exact) mass is 472 g/mol. The first-order chi connectivity index (χ1) is 16.9. The SMILES string of the molecule is COc1ccc(C)cc1C1(CNC(=O)c2cccc(C(=O)N(C)c3ccccc3)c2)CCOCC1. The Morgan fingerprint density at radius 3 is 2.40 bits per heavy atom. The number of amides is 2. The van der Waals surface area contributed by atoms with E-state index in [2.05, 4.69) is 18.3 Å². The molecule has 182 valence electrons. The first-order valence-electron chi connectivity index (χ1n) is 11.9. The number of ether oxygens (including phenoxy) is 2. The third kappa shape index (κ3) is 5.38. The average Bonchev–Trinajstić information content (AvgIpc) is 2.92. The number of rotatable bonds is 7. The lowest BCUT2D eigenvalue weighted by molar-refractivity contribution is 0.0479. The van der Waals surface area contributed by atoms with E-state index in [9.17, 15) is 9.59 Å². The summed E-state index contributed by atoms with van der Waals surface area (Å²) in [5, 5.41) is 3.13. The lowest BCUT2D eigenvalue weighted by Crippen LogP contribution is -2.45. The fourth-order valence-electron chi connectivity index (χ4n) is 4.65. The van der Waals surface area contributed by atoms with Gasteiger partial charge in [0.2, 0.25) is 0 Å². The van der Waals surface area contributed by atoms with Gasteiger partial charge in [0.15, 0.2) is 0 Å². The van der Waals surface area contributed by atoms with Crippen molar-refractivity contribution in [3.05, 3.63) is 95.1 Å². The summed E-state index contributed by atoms with van der Waals surface area (Å²) in [5.41, 5.74) is 3.66. The highest BCUT2D eigenvalue weighted by atomic mass is 16.5. The molecule has 1 fully saturated rings. The molecule has 0 spiro atoms. The Kier molecular flexibility index (Phi) is 7.51. The number of aryl methyl sites for hydroxylation is 1. The van der Waals surface area contributed by atoms with Crippen LogP contribution in [0.25, 0.3) is 0 Å². The Bertz CT molecular complexity index is 1190. The fraction of sp³-hybridized carbons (Fsp3) is 0.310. The molecule has 3 aromatic carbocycles. The van der Waals surface area contributed by atoms with E-state index in [0.29, 0.717) is 30.9 Å². The van der Waals surface area contributed by atoms with E-state index in [1.165, 1.54) is 0 Å². The van der Waals surface area contributed by atoms with Crippen molar-refractivity contribution >= 4 is 17.5 Å². The number of hydrogen-bond donors (Lipinski definition) is 1. The topological polar surface area (TPSA) is 67.9 Å². The second-order valence-electron chi connectivity index (χ2n) is 9.06. The molecule has 4 rings (SSSR count). The number of carbonyl (C=O) groups is 2. The quantitative estimate of drug-likeness (QED) is 0.539. The van der Waals surface area contributed by atoms with Crippen LogP contribution in [0.5, 0.6) is 5.75 Å². The Labute approximate surface area is 206 Å². The van der Waals surface area contributed by atoms with Crippen LogP contribution in [0.4, 0.5) is 5.69 Å². The molecule has 1 heterocycles. The molecule has 0 aliphatic carbocycles. The van der Waals surface area contributed by atoms with Crippen LogP contribution in [0, 0.1) is 6.92 Å². The molecular formula is C29H32N2O4. The van der Waals surface area contributed by atoms with Gasteiger partial charge in [-0.25, -0.2) is 0 Å². The van der Waals surface area contributed by atoms with Crippen LogP contribution in [-0.2, 0) is 10.2 Å². The normalized spacial score (nSPS) is 14.7. The first kappa shape index (κ1) is 24.5. The number of methoxy groups -OCH3 is 1. The molecule has 2 amide bonds. The van der Waals surface area contributed by atoms with Crippen LogP contribution >= 0.6 is 0 Å². The van der Waals surface area contributed by atoms with Gasteiger partial charge in [-0.15, -0.1) is 0 Å². The molecule has 0 unspecified atom stereocenters. The molecule has 0 aromatic heterocycles. The van der Waals surface area contributed by atoms with Gasteiger partial charge in [0.1, 0.15) is 5.75 Å². The van der Waals surface area contributed by atoms with Gasteiger partial charge in [-0.3, -0.25) is 9.59 Å². The van der Waals surface area contributed by atoms with Crippen LogP contribution in [0.1, 0.15) is 44.7 Å². The molecule has 0 saturated carbocycles. The van der Waals surface area contributed by atoms with E-state index in [1.807, 2.05) is 42.5 Å². The van der Waals surface area contributed by atoms with Gasteiger partial charge >= 0.3 is 0 Å². The number of nitrogens with zero attached hydrogens (tertiary/aromatic N) is 1. The van der Waals surface area contributed by atoms with Crippen LogP contribution in [0.3, 0.4) is 0 Å². The molecule has 0 radical (unpaired) electrons. The summed E-state index contributed by atoms with van der Waals surface area (Å²) < 4.78 is 11.3. The maximum Gasteiger partial charge on any atom is 0.258 e. The van der Waals surface area contributed by atoms with Crippen molar-refractivity contribution in [3.63, 3.8) is 0 Å². The van der Waals surface area contributed by atoms with Crippen molar-refractivity contribution in [1.82, 2.24) is 5.32 Å². The smallest absolute Gasteiger partial charge is 0.258 e. The van der Waals surface area contributed by atoms with E-state index < -0.39 is 0 Å². The number of para-hydroxylation sites is 1. The van der Waals surface area contributed by atoms with Crippen molar-refractivity contribution in [3.8, 4) is 5.75 Å². The van der Waals surface area contributed by atoms with Gasteiger partial charge < -0.3 is 19.7 Å². The average molecular weight is 473 g/mol. The van der Waals surface area contributed by atoms with E-state index in [0.717, 1.165) is 35.4 Å². The van der Waals surface area contributed by atoms with Gasteiger partial charge in [0.25, 0.3) is 11.8 Å². The molecule has 3 aromatic rings. The van der Waals surface area contributed by atoms with Crippen LogP contribution in [0.15, 0.2) is 72.8 Å². The maximum atomic E-state index is 13.2. The molecule has 0 bridgehead atoms. The Balaban J connectivity index is 1.53. The highest BCUT2D eigenvalue weighted by Gasteiger charge is 2.37. The van der Waals surface area contributed by atoms with Crippen LogP contribution in [0.2, 0.25) is 0 Å². The van der Waals surface area contributed by atoms with Crippen molar-refractivity contribution in [1.29, 1.82) is 0 Å². The third-order valence-corrected chi connectivity index (χ3v) is 6.78. The highest BCUT2D eigenvalue weighted by molar-refractivity contribution is 6.07. The second kappa shape index (κ2) is 10.7. The lowest BCUT2D eigenvalue weighted by Gasteiger charge is -2.38. The predicted octanol–water partition coefficient (Wildman–Crippen LogP) is 4.76. The van der Waals surface area contributed by atoms with Crippen LogP contribution in [-0.4, -0.2) is 45.7 Å². The zero-order chi connectivity index (χ0) is 24.8. The van der Waals surface area contributed by atoms with Gasteiger partial charge in [-0.2, -0.15) is 0 Å². The minimum atomic E-state index is -0.285. The Morgan fingerprint density at radius 2 is 1.69 bits per heavy atom. The van der Waals surface area contributed by atoms with Crippen molar-refractivity contribution in [2.75, 3.05) is 38.8 Å². The van der Waals surface area contributed by atoms with E-state index >= 15 is 0 Å². The van der Waals surface area contributed by atoms with E-state index in [1.54, 1.807) is 43.3 Å². The summed E-state index contributed by atoms with van der Waals surface area (Å²) in [6.07, 6.45) is 1.57. The summed E-state index contributed by atoms with van der Waals surface area (Å²) in [5.74, 6) is 0.444.